The summed E-state index contributed by atoms with van der Waals surface area (Å²) < 4.78 is 12.1. The molecule has 0 bridgehead atoms. The molecule has 1 nitrogen and oxygen atoms in total. The van der Waals surface area contributed by atoms with Crippen LogP contribution < -0.4 is 0 Å². The molecule has 0 spiro atoms. The standard InChI is InChI=1S/C6H12FN.C2H6/c1-8(2)6-3-5(7)4-6;1-2/h5-6H,3-4H2,1-2H3;1-2H3. The van der Waals surface area contributed by atoms with Gasteiger partial charge in [0.2, 0.25) is 0 Å². The molecule has 1 saturated carbocycles. The molecular formula is C8H18FN. The highest BCUT2D eigenvalue weighted by molar-refractivity contribution is 4.84. The minimum Gasteiger partial charge on any atom is -0.306 e. The monoisotopic (exact) mass is 147 g/mol. The van der Waals surface area contributed by atoms with Crippen molar-refractivity contribution in [2.75, 3.05) is 14.1 Å². The van der Waals surface area contributed by atoms with E-state index >= 15 is 0 Å². The van der Waals surface area contributed by atoms with Crippen LogP contribution in [0, 0.1) is 0 Å². The summed E-state index contributed by atoms with van der Waals surface area (Å²) in [6, 6.07) is 0.519. The van der Waals surface area contributed by atoms with Gasteiger partial charge < -0.3 is 4.90 Å². The lowest BCUT2D eigenvalue weighted by Gasteiger charge is -2.34. The van der Waals surface area contributed by atoms with Gasteiger partial charge in [0.05, 0.1) is 0 Å². The Labute approximate surface area is 63.2 Å². The Morgan fingerprint density at radius 2 is 1.60 bits per heavy atom. The fourth-order valence-corrected chi connectivity index (χ4v) is 0.943. The molecule has 0 unspecified atom stereocenters. The molecule has 0 atom stereocenters. The predicted molar refractivity (Wildman–Crippen MR) is 43.0 cm³/mol. The highest BCUT2D eigenvalue weighted by Crippen LogP contribution is 2.25. The van der Waals surface area contributed by atoms with Crippen molar-refractivity contribution in [3.8, 4) is 0 Å². The number of rotatable bonds is 1. The zero-order valence-corrected chi connectivity index (χ0v) is 7.39. The second kappa shape index (κ2) is 4.67. The van der Waals surface area contributed by atoms with Gasteiger partial charge in [-0.3, -0.25) is 0 Å². The van der Waals surface area contributed by atoms with E-state index < -0.39 is 6.17 Å². The van der Waals surface area contributed by atoms with E-state index in [2.05, 4.69) is 4.90 Å². The molecule has 0 aromatic carbocycles. The van der Waals surface area contributed by atoms with Crippen molar-refractivity contribution in [3.63, 3.8) is 0 Å². The number of halogens is 1. The van der Waals surface area contributed by atoms with Crippen LogP contribution in [0.2, 0.25) is 0 Å². The number of hydrogen-bond acceptors (Lipinski definition) is 1. The molecule has 1 aliphatic carbocycles. The van der Waals surface area contributed by atoms with Crippen LogP contribution in [0.15, 0.2) is 0 Å². The molecule has 0 heterocycles. The van der Waals surface area contributed by atoms with Crippen LogP contribution in [-0.2, 0) is 0 Å². The van der Waals surface area contributed by atoms with E-state index in [1.165, 1.54) is 0 Å². The van der Waals surface area contributed by atoms with Gasteiger partial charge in [0.15, 0.2) is 0 Å². The van der Waals surface area contributed by atoms with Crippen molar-refractivity contribution in [2.45, 2.75) is 38.9 Å². The zero-order valence-electron chi connectivity index (χ0n) is 7.39. The summed E-state index contributed by atoms with van der Waals surface area (Å²) >= 11 is 0. The average Bonchev–Trinajstić information content (AvgIpc) is 1.86. The van der Waals surface area contributed by atoms with Crippen LogP contribution in [0.25, 0.3) is 0 Å². The van der Waals surface area contributed by atoms with Crippen molar-refractivity contribution >= 4 is 0 Å². The van der Waals surface area contributed by atoms with E-state index in [4.69, 9.17) is 0 Å². The average molecular weight is 147 g/mol. The van der Waals surface area contributed by atoms with Gasteiger partial charge in [0, 0.05) is 6.04 Å². The Balaban J connectivity index is 0.000000371. The van der Waals surface area contributed by atoms with E-state index in [1.54, 1.807) is 0 Å². The lowest BCUT2D eigenvalue weighted by molar-refractivity contribution is 0.0881. The highest BCUT2D eigenvalue weighted by Gasteiger charge is 2.29. The Kier molecular flexibility index (Phi) is 4.62. The van der Waals surface area contributed by atoms with Gasteiger partial charge >= 0.3 is 0 Å². The Hall–Kier alpha value is -0.110. The summed E-state index contributed by atoms with van der Waals surface area (Å²) in [5, 5.41) is 0. The third-order valence-electron chi connectivity index (χ3n) is 1.79. The van der Waals surface area contributed by atoms with E-state index in [9.17, 15) is 4.39 Å². The number of alkyl halides is 1. The SMILES string of the molecule is CC.CN(C)C1CC(F)C1. The fraction of sp³-hybridized carbons (Fsp3) is 1.00. The van der Waals surface area contributed by atoms with E-state index in [0.29, 0.717) is 6.04 Å². The van der Waals surface area contributed by atoms with Crippen LogP contribution >= 0.6 is 0 Å². The summed E-state index contributed by atoms with van der Waals surface area (Å²) in [6.07, 6.45) is 0.974. The van der Waals surface area contributed by atoms with Crippen LogP contribution in [-0.4, -0.2) is 31.2 Å². The maximum Gasteiger partial charge on any atom is 0.103 e. The fourth-order valence-electron chi connectivity index (χ4n) is 0.943. The smallest absolute Gasteiger partial charge is 0.103 e. The lowest BCUT2D eigenvalue weighted by atomic mass is 9.90. The summed E-state index contributed by atoms with van der Waals surface area (Å²) in [4.78, 5) is 2.08. The minimum atomic E-state index is -0.512. The first-order valence-corrected chi connectivity index (χ1v) is 4.00. The molecular weight excluding hydrogens is 129 g/mol. The van der Waals surface area contributed by atoms with E-state index in [1.807, 2.05) is 27.9 Å². The molecule has 0 aromatic rings. The molecule has 0 aliphatic heterocycles. The molecule has 1 fully saturated rings. The third-order valence-corrected chi connectivity index (χ3v) is 1.79. The molecule has 0 amide bonds. The molecule has 0 saturated heterocycles. The van der Waals surface area contributed by atoms with Crippen LogP contribution in [0.5, 0.6) is 0 Å². The molecule has 0 radical (unpaired) electrons. The first-order valence-electron chi connectivity index (χ1n) is 4.00. The summed E-state index contributed by atoms with van der Waals surface area (Å²) in [5.41, 5.74) is 0. The predicted octanol–water partition coefficient (Wildman–Crippen LogP) is 2.07. The molecule has 0 N–H and O–H groups in total. The van der Waals surface area contributed by atoms with Crippen molar-refractivity contribution in [1.29, 1.82) is 0 Å². The first-order chi connectivity index (χ1) is 4.70. The molecule has 2 heteroatoms. The quantitative estimate of drug-likeness (QED) is 0.549. The normalized spacial score (nSPS) is 30.6. The van der Waals surface area contributed by atoms with Crippen LogP contribution in [0.4, 0.5) is 4.39 Å². The Morgan fingerprint density at radius 3 is 1.70 bits per heavy atom. The molecule has 1 aliphatic rings. The number of nitrogens with zero attached hydrogens (tertiary/aromatic N) is 1. The van der Waals surface area contributed by atoms with Crippen molar-refractivity contribution in [1.82, 2.24) is 4.90 Å². The minimum absolute atomic E-state index is 0.512. The van der Waals surface area contributed by atoms with E-state index in [-0.39, 0.29) is 0 Å². The van der Waals surface area contributed by atoms with Crippen LogP contribution in [0.3, 0.4) is 0 Å². The highest BCUT2D eigenvalue weighted by atomic mass is 19.1. The molecule has 0 aromatic heterocycles. The van der Waals surface area contributed by atoms with E-state index in [0.717, 1.165) is 12.8 Å². The lowest BCUT2D eigenvalue weighted by Crippen LogP contribution is -2.41. The molecule has 62 valence electrons. The zero-order chi connectivity index (χ0) is 8.15. The van der Waals surface area contributed by atoms with Gasteiger partial charge in [-0.05, 0) is 26.9 Å². The maximum absolute atomic E-state index is 12.1. The van der Waals surface area contributed by atoms with Gasteiger partial charge in [-0.15, -0.1) is 0 Å². The largest absolute Gasteiger partial charge is 0.306 e. The Morgan fingerprint density at radius 1 is 1.20 bits per heavy atom. The van der Waals surface area contributed by atoms with Gasteiger partial charge in [-0.25, -0.2) is 4.39 Å². The topological polar surface area (TPSA) is 3.24 Å². The summed E-state index contributed by atoms with van der Waals surface area (Å²) in [6.45, 7) is 4.00. The molecule has 1 rings (SSSR count). The van der Waals surface area contributed by atoms with Crippen LogP contribution in [0.1, 0.15) is 26.7 Å². The maximum atomic E-state index is 12.1. The van der Waals surface area contributed by atoms with Gasteiger partial charge in [-0.2, -0.15) is 0 Å². The second-order valence-corrected chi connectivity index (χ2v) is 2.69. The van der Waals surface area contributed by atoms with Crippen molar-refractivity contribution < 1.29 is 4.39 Å². The third kappa shape index (κ3) is 2.65. The summed E-state index contributed by atoms with van der Waals surface area (Å²) in [7, 11) is 3.99. The Bertz CT molecular complexity index is 77.3. The number of hydrogen-bond donors (Lipinski definition) is 0. The van der Waals surface area contributed by atoms with Gasteiger partial charge in [0.25, 0.3) is 0 Å². The van der Waals surface area contributed by atoms with Crippen molar-refractivity contribution in [3.05, 3.63) is 0 Å². The van der Waals surface area contributed by atoms with Gasteiger partial charge in [-0.1, -0.05) is 13.8 Å². The van der Waals surface area contributed by atoms with Crippen molar-refractivity contribution in [2.24, 2.45) is 0 Å². The summed E-state index contributed by atoms with van der Waals surface area (Å²) in [5.74, 6) is 0. The molecule has 10 heavy (non-hydrogen) atoms. The second-order valence-electron chi connectivity index (χ2n) is 2.69. The first kappa shape index (κ1) is 9.89. The van der Waals surface area contributed by atoms with Gasteiger partial charge in [0.1, 0.15) is 6.17 Å².